The molecule has 4 heteroatoms. The number of rotatable bonds is 4. The molecule has 1 aliphatic heterocycles. The first-order valence-electron chi connectivity index (χ1n) is 4.68. The molecule has 13 heavy (non-hydrogen) atoms. The lowest BCUT2D eigenvalue weighted by molar-refractivity contribution is -0.125. The van der Waals surface area contributed by atoms with Crippen LogP contribution in [0.25, 0.3) is 0 Å². The highest BCUT2D eigenvalue weighted by molar-refractivity contribution is 5.78. The summed E-state index contributed by atoms with van der Waals surface area (Å²) in [6.07, 6.45) is 0. The summed E-state index contributed by atoms with van der Waals surface area (Å²) in [5, 5.41) is 3.17. The normalized spacial score (nSPS) is 33.5. The Labute approximate surface area is 78.8 Å². The van der Waals surface area contributed by atoms with Gasteiger partial charge in [-0.3, -0.25) is 4.79 Å². The minimum atomic E-state index is -0.229. The van der Waals surface area contributed by atoms with Crippen molar-refractivity contribution in [2.45, 2.75) is 13.8 Å². The highest BCUT2D eigenvalue weighted by Gasteiger charge is 2.42. The maximum absolute atomic E-state index is 11.1. The largest absolute Gasteiger partial charge is 0.381 e. The van der Waals surface area contributed by atoms with Gasteiger partial charge in [-0.1, -0.05) is 6.92 Å². The van der Waals surface area contributed by atoms with Crippen LogP contribution in [-0.2, 0) is 9.53 Å². The van der Waals surface area contributed by atoms with Gasteiger partial charge in [0.25, 0.3) is 0 Å². The van der Waals surface area contributed by atoms with Crippen LogP contribution in [0.1, 0.15) is 13.8 Å². The third-order valence-electron chi connectivity index (χ3n) is 2.70. The summed E-state index contributed by atoms with van der Waals surface area (Å²) in [4.78, 5) is 11.1. The molecule has 3 N–H and O–H groups in total. The van der Waals surface area contributed by atoms with Crippen molar-refractivity contribution in [3.05, 3.63) is 0 Å². The Bertz CT molecular complexity index is 196. The summed E-state index contributed by atoms with van der Waals surface area (Å²) >= 11 is 0. The predicted molar refractivity (Wildman–Crippen MR) is 50.2 cm³/mol. The molecule has 0 aliphatic carbocycles. The Morgan fingerprint density at radius 2 is 2.46 bits per heavy atom. The lowest BCUT2D eigenvalue weighted by atomic mass is 9.80. The first-order valence-corrected chi connectivity index (χ1v) is 4.68. The fraction of sp³-hybridized carbons (Fsp3) is 0.889. The standard InChI is InChI=1S/C9H18N2O2/c1-3-13-6-9(2)5-11-4-7(9)8(10)12/h7,11H,3-6H2,1-2H3,(H2,10,12). The van der Waals surface area contributed by atoms with E-state index in [1.54, 1.807) is 0 Å². The summed E-state index contributed by atoms with van der Waals surface area (Å²) < 4.78 is 5.35. The Morgan fingerprint density at radius 1 is 1.77 bits per heavy atom. The number of carbonyl (C=O) groups is 1. The van der Waals surface area contributed by atoms with E-state index in [-0.39, 0.29) is 17.2 Å². The number of ether oxygens (including phenoxy) is 1. The van der Waals surface area contributed by atoms with E-state index >= 15 is 0 Å². The second kappa shape index (κ2) is 4.07. The molecule has 0 aromatic carbocycles. The van der Waals surface area contributed by atoms with Crippen molar-refractivity contribution in [1.82, 2.24) is 5.32 Å². The molecule has 2 atom stereocenters. The van der Waals surface area contributed by atoms with Crippen LogP contribution in [-0.4, -0.2) is 32.2 Å². The van der Waals surface area contributed by atoms with Gasteiger partial charge in [0.05, 0.1) is 12.5 Å². The number of nitrogens with one attached hydrogen (secondary N) is 1. The third-order valence-corrected chi connectivity index (χ3v) is 2.70. The second-order valence-electron chi connectivity index (χ2n) is 3.88. The number of nitrogens with two attached hydrogens (primary N) is 1. The van der Waals surface area contributed by atoms with Crippen molar-refractivity contribution in [3.8, 4) is 0 Å². The van der Waals surface area contributed by atoms with Crippen molar-refractivity contribution in [2.75, 3.05) is 26.3 Å². The molecule has 0 radical (unpaired) electrons. The molecule has 1 amide bonds. The Hall–Kier alpha value is -0.610. The lowest BCUT2D eigenvalue weighted by Gasteiger charge is -2.27. The number of amides is 1. The summed E-state index contributed by atoms with van der Waals surface area (Å²) in [6.45, 7) is 6.76. The molecule has 1 saturated heterocycles. The van der Waals surface area contributed by atoms with E-state index in [0.717, 1.165) is 6.54 Å². The number of primary amides is 1. The fourth-order valence-corrected chi connectivity index (χ4v) is 1.80. The molecule has 1 rings (SSSR count). The highest BCUT2D eigenvalue weighted by Crippen LogP contribution is 2.30. The van der Waals surface area contributed by atoms with Crippen molar-refractivity contribution in [2.24, 2.45) is 17.1 Å². The molecule has 1 aliphatic rings. The van der Waals surface area contributed by atoms with E-state index in [1.165, 1.54) is 0 Å². The molecule has 0 spiro atoms. The molecular formula is C9H18N2O2. The SMILES string of the molecule is CCOCC1(C)CNCC1C(N)=O. The van der Waals surface area contributed by atoms with Crippen molar-refractivity contribution in [1.29, 1.82) is 0 Å². The molecule has 0 aromatic heterocycles. The molecule has 1 fully saturated rings. The zero-order valence-electron chi connectivity index (χ0n) is 8.30. The number of carbonyl (C=O) groups excluding carboxylic acids is 1. The first-order chi connectivity index (χ1) is 6.10. The summed E-state index contributed by atoms with van der Waals surface area (Å²) in [5.74, 6) is -0.328. The molecular weight excluding hydrogens is 168 g/mol. The quantitative estimate of drug-likeness (QED) is 0.635. The van der Waals surface area contributed by atoms with Gasteiger partial charge in [0.2, 0.25) is 5.91 Å². The minimum Gasteiger partial charge on any atom is -0.381 e. The third kappa shape index (κ3) is 2.19. The summed E-state index contributed by atoms with van der Waals surface area (Å²) in [6, 6.07) is 0. The fourth-order valence-electron chi connectivity index (χ4n) is 1.80. The Kier molecular flexibility index (Phi) is 3.27. The molecule has 0 bridgehead atoms. The smallest absolute Gasteiger partial charge is 0.222 e. The van der Waals surface area contributed by atoms with E-state index < -0.39 is 0 Å². The van der Waals surface area contributed by atoms with Crippen LogP contribution >= 0.6 is 0 Å². The van der Waals surface area contributed by atoms with Crippen LogP contribution in [0, 0.1) is 11.3 Å². The highest BCUT2D eigenvalue weighted by atomic mass is 16.5. The Morgan fingerprint density at radius 3 is 3.00 bits per heavy atom. The lowest BCUT2D eigenvalue weighted by Crippen LogP contribution is -2.39. The average Bonchev–Trinajstić information content (AvgIpc) is 2.44. The van der Waals surface area contributed by atoms with Crippen LogP contribution in [0.3, 0.4) is 0 Å². The zero-order valence-corrected chi connectivity index (χ0v) is 8.30. The average molecular weight is 186 g/mol. The van der Waals surface area contributed by atoms with Gasteiger partial charge in [0.15, 0.2) is 0 Å². The Balaban J connectivity index is 2.58. The minimum absolute atomic E-state index is 0.0981. The van der Waals surface area contributed by atoms with E-state index in [0.29, 0.717) is 19.8 Å². The van der Waals surface area contributed by atoms with Gasteiger partial charge in [0, 0.05) is 25.1 Å². The first kappa shape index (κ1) is 10.5. The molecule has 0 saturated carbocycles. The molecule has 4 nitrogen and oxygen atoms in total. The monoisotopic (exact) mass is 186 g/mol. The molecule has 0 aromatic rings. The van der Waals surface area contributed by atoms with Gasteiger partial charge in [-0.2, -0.15) is 0 Å². The molecule has 2 unspecified atom stereocenters. The number of hydrogen-bond donors (Lipinski definition) is 2. The van der Waals surface area contributed by atoms with Gasteiger partial charge in [-0.15, -0.1) is 0 Å². The van der Waals surface area contributed by atoms with Crippen LogP contribution < -0.4 is 11.1 Å². The maximum Gasteiger partial charge on any atom is 0.222 e. The van der Waals surface area contributed by atoms with E-state index in [2.05, 4.69) is 5.32 Å². The number of hydrogen-bond acceptors (Lipinski definition) is 3. The maximum atomic E-state index is 11.1. The second-order valence-corrected chi connectivity index (χ2v) is 3.88. The van der Waals surface area contributed by atoms with Crippen LogP contribution in [0.4, 0.5) is 0 Å². The molecule has 1 heterocycles. The van der Waals surface area contributed by atoms with Crippen molar-refractivity contribution < 1.29 is 9.53 Å². The van der Waals surface area contributed by atoms with Gasteiger partial charge >= 0.3 is 0 Å². The van der Waals surface area contributed by atoms with Gasteiger partial charge < -0.3 is 15.8 Å². The van der Waals surface area contributed by atoms with Gasteiger partial charge in [0.1, 0.15) is 0 Å². The van der Waals surface area contributed by atoms with Gasteiger partial charge in [-0.25, -0.2) is 0 Å². The molecule has 76 valence electrons. The predicted octanol–water partition coefficient (Wildman–Crippen LogP) is -0.266. The summed E-state index contributed by atoms with van der Waals surface area (Å²) in [7, 11) is 0. The van der Waals surface area contributed by atoms with E-state index in [1.807, 2.05) is 13.8 Å². The van der Waals surface area contributed by atoms with Crippen LogP contribution in [0.15, 0.2) is 0 Å². The zero-order chi connectivity index (χ0) is 9.90. The van der Waals surface area contributed by atoms with Crippen molar-refractivity contribution >= 4 is 5.91 Å². The van der Waals surface area contributed by atoms with E-state index in [9.17, 15) is 4.79 Å². The van der Waals surface area contributed by atoms with Gasteiger partial charge in [-0.05, 0) is 6.92 Å². The van der Waals surface area contributed by atoms with E-state index in [4.69, 9.17) is 10.5 Å². The van der Waals surface area contributed by atoms with Crippen LogP contribution in [0.5, 0.6) is 0 Å². The van der Waals surface area contributed by atoms with Crippen LogP contribution in [0.2, 0.25) is 0 Å². The summed E-state index contributed by atoms with van der Waals surface area (Å²) in [5.41, 5.74) is 5.19. The topological polar surface area (TPSA) is 64.3 Å². The van der Waals surface area contributed by atoms with Crippen molar-refractivity contribution in [3.63, 3.8) is 0 Å².